The van der Waals surface area contributed by atoms with Gasteiger partial charge in [0.2, 0.25) is 0 Å². The fourth-order valence-electron chi connectivity index (χ4n) is 7.76. The number of amides is 6. The molecule has 0 aliphatic carbocycles. The van der Waals surface area contributed by atoms with Crippen LogP contribution in [-0.4, -0.2) is 126 Å². The van der Waals surface area contributed by atoms with Gasteiger partial charge in [-0.05, 0) is 80.0 Å². The summed E-state index contributed by atoms with van der Waals surface area (Å²) < 4.78 is 63.7. The minimum absolute atomic E-state index is 0.198. The Labute approximate surface area is 280 Å². The van der Waals surface area contributed by atoms with E-state index in [1.54, 1.807) is 4.42 Å². The zero-order valence-electron chi connectivity index (χ0n) is 27.2. The van der Waals surface area contributed by atoms with Gasteiger partial charge in [0, 0.05) is 59.9 Å². The summed E-state index contributed by atoms with van der Waals surface area (Å²) in [6.45, 7) is 14.4. The van der Waals surface area contributed by atoms with E-state index in [1.807, 2.05) is 55.4 Å². The molecule has 264 valence electrons. The lowest BCUT2D eigenvalue weighted by Gasteiger charge is -2.55. The normalized spacial score (nSPS) is 26.4. The van der Waals surface area contributed by atoms with Gasteiger partial charge in [0.25, 0.3) is 32.1 Å². The van der Waals surface area contributed by atoms with E-state index in [0.717, 1.165) is 14.2 Å². The Morgan fingerprint density at radius 3 is 1.52 bits per heavy atom. The molecule has 20 heteroatoms. The highest BCUT2D eigenvalue weighted by Crippen LogP contribution is 2.51. The van der Waals surface area contributed by atoms with Crippen LogP contribution in [0.25, 0.3) is 0 Å². The molecular formula is C26H44Cl2N6O10S2. The zero-order chi connectivity index (χ0) is 35.7. The third-order valence-electron chi connectivity index (χ3n) is 8.49. The Balaban J connectivity index is 0.000000251. The van der Waals surface area contributed by atoms with E-state index in [9.17, 15) is 36.0 Å². The van der Waals surface area contributed by atoms with Gasteiger partial charge in [0.1, 0.15) is 11.1 Å². The van der Waals surface area contributed by atoms with E-state index in [-0.39, 0.29) is 30.5 Å². The van der Waals surface area contributed by atoms with E-state index in [0.29, 0.717) is 12.8 Å². The van der Waals surface area contributed by atoms with Crippen LogP contribution in [0.5, 0.6) is 0 Å². The molecule has 4 rings (SSSR count). The first kappa shape index (κ1) is 38.6. The number of carbonyl (C=O) groups excluding carboxylic acids is 4. The second kappa shape index (κ2) is 12.0. The van der Waals surface area contributed by atoms with Crippen molar-refractivity contribution in [2.75, 3.05) is 24.6 Å². The molecule has 0 unspecified atom stereocenters. The van der Waals surface area contributed by atoms with Gasteiger partial charge in [-0.15, -0.1) is 0 Å². The Bertz CT molecular complexity index is 1480. The van der Waals surface area contributed by atoms with Crippen LogP contribution < -0.4 is 10.6 Å². The number of carbonyl (C=O) groups is 4. The van der Waals surface area contributed by atoms with Gasteiger partial charge in [0.15, 0.2) is 0 Å². The lowest BCUT2D eigenvalue weighted by atomic mass is 9.70. The summed E-state index contributed by atoms with van der Waals surface area (Å²) in [6.07, 6.45) is 1.22. The number of hydrogen-bond acceptors (Lipinski definition) is 10. The molecule has 0 aromatic heterocycles. The average Bonchev–Trinajstić information content (AvgIpc) is 3.13. The van der Waals surface area contributed by atoms with E-state index in [1.165, 1.54) is 0 Å². The monoisotopic (exact) mass is 734 g/mol. The smallest absolute Gasteiger partial charge is 0.323 e. The van der Waals surface area contributed by atoms with Gasteiger partial charge in [-0.2, -0.15) is 16.8 Å². The topological polar surface area (TPSA) is 214 Å². The minimum Gasteiger partial charge on any atom is -0.323 e. The van der Waals surface area contributed by atoms with Crippen molar-refractivity contribution < 1.29 is 45.1 Å². The molecule has 4 heterocycles. The second-order valence-electron chi connectivity index (χ2n) is 15.1. The van der Waals surface area contributed by atoms with Gasteiger partial charge in [-0.3, -0.25) is 28.5 Å². The summed E-state index contributed by atoms with van der Waals surface area (Å²) in [5.74, 6) is -2.40. The molecule has 16 nitrogen and oxygen atoms in total. The number of halogens is 2. The Kier molecular flexibility index (Phi) is 10.0. The molecular weight excluding hydrogens is 691 g/mol. The largest absolute Gasteiger partial charge is 0.342 e. The lowest BCUT2D eigenvalue weighted by molar-refractivity contribution is -0.139. The standard InChI is InChI=1S/C13H21Cl2N3O5S.C13H23N3O5S/c1-11(2)7-13(8-12(3,4)18(11)15)9(19)16(10(20)17(13)14)5-6-24(21,22)23;1-11(2)7-13(8-12(3,4)15-11)9(17)16(10(18)14-13)5-6-22(19,20)21/h5-8H2,1-4H3,(H,21,22,23);15H,5-8H2,1-4H3,(H,14,18)(H,19,20,21). The third kappa shape index (κ3) is 7.90. The molecule has 6 amide bonds. The molecule has 0 atom stereocenters. The predicted octanol–water partition coefficient (Wildman–Crippen LogP) is 1.94. The zero-order valence-corrected chi connectivity index (χ0v) is 30.3. The molecule has 4 N–H and O–H groups in total. The number of piperidine rings is 2. The SMILES string of the molecule is CC1(C)CC2(CC(C)(C)N1)NC(=O)N(CCS(=O)(=O)O)C2=O.CC1(C)CC2(CC(C)(C)N1Cl)C(=O)N(CCS(=O)(=O)O)C(=O)N2Cl. The van der Waals surface area contributed by atoms with Crippen LogP contribution in [0.2, 0.25) is 0 Å². The Morgan fingerprint density at radius 2 is 1.11 bits per heavy atom. The van der Waals surface area contributed by atoms with Gasteiger partial charge in [0.05, 0.1) is 11.5 Å². The fraction of sp³-hybridized carbons (Fsp3) is 0.846. The summed E-state index contributed by atoms with van der Waals surface area (Å²) in [5, 5.41) is 6.17. The van der Waals surface area contributed by atoms with E-state index in [4.69, 9.17) is 32.7 Å². The van der Waals surface area contributed by atoms with Crippen LogP contribution in [0.1, 0.15) is 81.1 Å². The highest BCUT2D eigenvalue weighted by atomic mass is 35.5. The lowest BCUT2D eigenvalue weighted by Crippen LogP contribution is -2.68. The Hall–Kier alpha value is -1.80. The van der Waals surface area contributed by atoms with Crippen molar-refractivity contribution in [2.24, 2.45) is 0 Å². The number of nitrogens with zero attached hydrogens (tertiary/aromatic N) is 4. The first-order valence-corrected chi connectivity index (χ1v) is 18.4. The highest BCUT2D eigenvalue weighted by molar-refractivity contribution is 7.86. The van der Waals surface area contributed by atoms with Crippen LogP contribution in [-0.2, 0) is 29.8 Å². The quantitative estimate of drug-likeness (QED) is 0.175. The molecule has 0 bridgehead atoms. The summed E-state index contributed by atoms with van der Waals surface area (Å²) >= 11 is 12.6. The summed E-state index contributed by atoms with van der Waals surface area (Å²) in [5.41, 5.74) is -4.32. The van der Waals surface area contributed by atoms with Crippen molar-refractivity contribution >= 4 is 67.7 Å². The molecule has 0 aromatic rings. The number of rotatable bonds is 6. The molecule has 4 aliphatic heterocycles. The molecule has 0 saturated carbocycles. The van der Waals surface area contributed by atoms with Gasteiger partial charge < -0.3 is 10.6 Å². The van der Waals surface area contributed by atoms with Crippen molar-refractivity contribution in [1.82, 2.24) is 29.3 Å². The van der Waals surface area contributed by atoms with Crippen LogP contribution >= 0.6 is 23.6 Å². The average molecular weight is 736 g/mol. The van der Waals surface area contributed by atoms with Crippen LogP contribution in [0.4, 0.5) is 9.59 Å². The summed E-state index contributed by atoms with van der Waals surface area (Å²) in [4.78, 5) is 51.8. The molecule has 0 radical (unpaired) electrons. The number of imide groups is 2. The van der Waals surface area contributed by atoms with Gasteiger partial charge >= 0.3 is 12.1 Å². The van der Waals surface area contributed by atoms with E-state index >= 15 is 0 Å². The van der Waals surface area contributed by atoms with Crippen LogP contribution in [0.15, 0.2) is 0 Å². The Morgan fingerprint density at radius 1 is 0.696 bits per heavy atom. The molecule has 4 aliphatic rings. The predicted molar refractivity (Wildman–Crippen MR) is 169 cm³/mol. The van der Waals surface area contributed by atoms with Crippen LogP contribution in [0, 0.1) is 0 Å². The fourth-order valence-corrected chi connectivity index (χ4v) is 8.99. The summed E-state index contributed by atoms with van der Waals surface area (Å²) in [7, 11) is -8.54. The molecule has 4 saturated heterocycles. The van der Waals surface area contributed by atoms with Gasteiger partial charge in [-0.1, -0.05) is 0 Å². The maximum atomic E-state index is 12.9. The highest BCUT2D eigenvalue weighted by Gasteiger charge is 2.65. The molecule has 4 fully saturated rings. The number of urea groups is 2. The maximum absolute atomic E-state index is 12.9. The van der Waals surface area contributed by atoms with Crippen molar-refractivity contribution in [2.45, 2.75) is 114 Å². The van der Waals surface area contributed by atoms with E-state index in [2.05, 4.69) is 10.6 Å². The molecule has 0 aromatic carbocycles. The molecule has 46 heavy (non-hydrogen) atoms. The van der Waals surface area contributed by atoms with Crippen molar-refractivity contribution in [1.29, 1.82) is 0 Å². The number of hydrogen-bond donors (Lipinski definition) is 4. The van der Waals surface area contributed by atoms with Crippen molar-refractivity contribution in [3.05, 3.63) is 0 Å². The first-order valence-electron chi connectivity index (χ1n) is 14.5. The third-order valence-corrected chi connectivity index (χ3v) is 11.3. The van der Waals surface area contributed by atoms with Crippen molar-refractivity contribution in [3.63, 3.8) is 0 Å². The minimum atomic E-state index is -4.31. The first-order chi connectivity index (χ1) is 20.4. The van der Waals surface area contributed by atoms with Crippen LogP contribution in [0.3, 0.4) is 0 Å². The van der Waals surface area contributed by atoms with Gasteiger partial charge in [-0.25, -0.2) is 18.4 Å². The maximum Gasteiger partial charge on any atom is 0.342 e. The summed E-state index contributed by atoms with van der Waals surface area (Å²) in [6, 6.07) is -1.40. The molecule has 2 spiro atoms. The van der Waals surface area contributed by atoms with Crippen molar-refractivity contribution in [3.8, 4) is 0 Å². The number of nitrogens with one attached hydrogen (secondary N) is 2. The second-order valence-corrected chi connectivity index (χ2v) is 18.9. The van der Waals surface area contributed by atoms with E-state index < -0.39 is 84.3 Å².